The summed E-state index contributed by atoms with van der Waals surface area (Å²) in [6.45, 7) is 0. The molecule has 0 aliphatic carbocycles. The summed E-state index contributed by atoms with van der Waals surface area (Å²) in [7, 11) is 0. The first-order valence-electron chi connectivity index (χ1n) is 5.60. The first-order valence-corrected chi connectivity index (χ1v) is 6.93. The average molecular weight is 314 g/mol. The van der Waals surface area contributed by atoms with Crippen molar-refractivity contribution in [3.8, 4) is 0 Å². The van der Waals surface area contributed by atoms with Gasteiger partial charge in [-0.15, -0.1) is 11.6 Å². The fourth-order valence-electron chi connectivity index (χ4n) is 1.90. The Morgan fingerprint density at radius 3 is 2.65 bits per heavy atom. The molecule has 0 aliphatic heterocycles. The minimum absolute atomic E-state index is 0.438. The molecule has 1 aromatic heterocycles. The van der Waals surface area contributed by atoms with E-state index in [9.17, 15) is 0 Å². The van der Waals surface area contributed by atoms with E-state index in [1.54, 1.807) is 12.5 Å². The van der Waals surface area contributed by atoms with E-state index in [2.05, 4.69) is 34.1 Å². The summed E-state index contributed by atoms with van der Waals surface area (Å²) in [5.41, 5.74) is 2.52. The number of alkyl halides is 1. The van der Waals surface area contributed by atoms with Crippen LogP contribution in [-0.2, 0) is 12.8 Å². The van der Waals surface area contributed by atoms with Crippen molar-refractivity contribution in [1.29, 1.82) is 0 Å². The maximum Gasteiger partial charge on any atom is 0.0934 e. The van der Waals surface area contributed by atoms with E-state index in [4.69, 9.17) is 16.0 Å². The number of halogens is 2. The standard InChI is InChI=1S/C14H14BrClO/c15-14-4-2-1-3-13(14)8-12(9-16)7-11-5-6-17-10-11/h1-6,10,12H,7-9H2. The van der Waals surface area contributed by atoms with Crippen LogP contribution in [0.4, 0.5) is 0 Å². The maximum absolute atomic E-state index is 6.04. The first kappa shape index (κ1) is 12.7. The Balaban J connectivity index is 2.03. The maximum atomic E-state index is 6.04. The van der Waals surface area contributed by atoms with Crippen LogP contribution >= 0.6 is 27.5 Å². The Bertz CT molecular complexity index is 453. The number of hydrogen-bond donors (Lipinski definition) is 0. The number of benzene rings is 1. The van der Waals surface area contributed by atoms with Crippen LogP contribution in [-0.4, -0.2) is 5.88 Å². The third kappa shape index (κ3) is 3.62. The number of furan rings is 1. The van der Waals surface area contributed by atoms with Gasteiger partial charge in [0.15, 0.2) is 0 Å². The van der Waals surface area contributed by atoms with E-state index in [-0.39, 0.29) is 0 Å². The molecule has 3 heteroatoms. The molecule has 0 saturated carbocycles. The van der Waals surface area contributed by atoms with Crippen LogP contribution in [0.1, 0.15) is 11.1 Å². The predicted molar refractivity (Wildman–Crippen MR) is 74.5 cm³/mol. The van der Waals surface area contributed by atoms with Gasteiger partial charge in [0.05, 0.1) is 12.5 Å². The van der Waals surface area contributed by atoms with Crippen LogP contribution in [0.5, 0.6) is 0 Å². The van der Waals surface area contributed by atoms with Gasteiger partial charge in [-0.1, -0.05) is 34.1 Å². The van der Waals surface area contributed by atoms with E-state index in [1.807, 2.05) is 12.1 Å². The zero-order valence-electron chi connectivity index (χ0n) is 9.40. The first-order chi connectivity index (χ1) is 8.29. The van der Waals surface area contributed by atoms with Crippen molar-refractivity contribution in [3.63, 3.8) is 0 Å². The lowest BCUT2D eigenvalue weighted by atomic mass is 9.95. The highest BCUT2D eigenvalue weighted by atomic mass is 79.9. The molecule has 0 saturated heterocycles. The molecule has 1 aromatic carbocycles. The summed E-state index contributed by atoms with van der Waals surface area (Å²) in [5, 5.41) is 0. The zero-order chi connectivity index (χ0) is 12.1. The van der Waals surface area contributed by atoms with Gasteiger partial charge in [-0.25, -0.2) is 0 Å². The van der Waals surface area contributed by atoms with Gasteiger partial charge in [0.2, 0.25) is 0 Å². The largest absolute Gasteiger partial charge is 0.472 e. The number of rotatable bonds is 5. The molecule has 2 rings (SSSR count). The van der Waals surface area contributed by atoms with Gasteiger partial charge in [0.25, 0.3) is 0 Å². The Kier molecular flexibility index (Phi) is 4.69. The second-order valence-corrected chi connectivity index (χ2v) is 5.31. The van der Waals surface area contributed by atoms with E-state index in [0.29, 0.717) is 11.8 Å². The molecule has 0 aliphatic rings. The topological polar surface area (TPSA) is 13.1 Å². The molecule has 1 unspecified atom stereocenters. The van der Waals surface area contributed by atoms with Crippen LogP contribution in [0.3, 0.4) is 0 Å². The van der Waals surface area contributed by atoms with Crippen molar-refractivity contribution in [3.05, 3.63) is 58.5 Å². The van der Waals surface area contributed by atoms with Gasteiger partial charge in [-0.2, -0.15) is 0 Å². The highest BCUT2D eigenvalue weighted by molar-refractivity contribution is 9.10. The summed E-state index contributed by atoms with van der Waals surface area (Å²) in [6, 6.07) is 10.3. The second kappa shape index (κ2) is 6.27. The molecular weight excluding hydrogens is 300 g/mol. The molecule has 0 bridgehead atoms. The lowest BCUT2D eigenvalue weighted by Crippen LogP contribution is -2.10. The van der Waals surface area contributed by atoms with E-state index in [0.717, 1.165) is 17.3 Å². The van der Waals surface area contributed by atoms with E-state index in [1.165, 1.54) is 11.1 Å². The van der Waals surface area contributed by atoms with Crippen molar-refractivity contribution in [2.75, 3.05) is 5.88 Å². The lowest BCUT2D eigenvalue weighted by Gasteiger charge is -2.13. The predicted octanol–water partition coefficient (Wildman–Crippen LogP) is 4.68. The molecule has 1 heterocycles. The minimum Gasteiger partial charge on any atom is -0.472 e. The van der Waals surface area contributed by atoms with Crippen LogP contribution < -0.4 is 0 Å². The fourth-order valence-corrected chi connectivity index (χ4v) is 2.56. The minimum atomic E-state index is 0.438. The monoisotopic (exact) mass is 312 g/mol. The summed E-state index contributed by atoms with van der Waals surface area (Å²) < 4.78 is 6.24. The molecule has 2 aromatic rings. The summed E-state index contributed by atoms with van der Waals surface area (Å²) in [4.78, 5) is 0. The molecule has 0 N–H and O–H groups in total. The van der Waals surface area contributed by atoms with Crippen LogP contribution in [0, 0.1) is 5.92 Å². The van der Waals surface area contributed by atoms with Crippen molar-refractivity contribution in [2.24, 2.45) is 5.92 Å². The Morgan fingerprint density at radius 2 is 2.00 bits per heavy atom. The molecule has 90 valence electrons. The van der Waals surface area contributed by atoms with Gasteiger partial charge < -0.3 is 4.42 Å². The van der Waals surface area contributed by atoms with E-state index < -0.39 is 0 Å². The lowest BCUT2D eigenvalue weighted by molar-refractivity contribution is 0.547. The summed E-state index contributed by atoms with van der Waals surface area (Å²) in [6.07, 6.45) is 5.44. The highest BCUT2D eigenvalue weighted by Crippen LogP contribution is 2.22. The van der Waals surface area contributed by atoms with Crippen molar-refractivity contribution in [1.82, 2.24) is 0 Å². The quantitative estimate of drug-likeness (QED) is 0.730. The third-order valence-electron chi connectivity index (χ3n) is 2.79. The Labute approximate surface area is 115 Å². The van der Waals surface area contributed by atoms with Crippen molar-refractivity contribution in [2.45, 2.75) is 12.8 Å². The van der Waals surface area contributed by atoms with Gasteiger partial charge in [0.1, 0.15) is 0 Å². The molecular formula is C14H14BrClO. The molecule has 0 fully saturated rings. The van der Waals surface area contributed by atoms with Gasteiger partial charge in [-0.05, 0) is 42.0 Å². The van der Waals surface area contributed by atoms with Crippen LogP contribution in [0.25, 0.3) is 0 Å². The van der Waals surface area contributed by atoms with Crippen LogP contribution in [0.2, 0.25) is 0 Å². The third-order valence-corrected chi connectivity index (χ3v) is 4.00. The van der Waals surface area contributed by atoms with Crippen LogP contribution in [0.15, 0.2) is 51.7 Å². The molecule has 1 nitrogen and oxygen atoms in total. The van der Waals surface area contributed by atoms with Gasteiger partial charge in [0, 0.05) is 10.4 Å². The summed E-state index contributed by atoms with van der Waals surface area (Å²) >= 11 is 9.61. The van der Waals surface area contributed by atoms with Crippen molar-refractivity contribution >= 4 is 27.5 Å². The number of hydrogen-bond acceptors (Lipinski definition) is 1. The molecule has 17 heavy (non-hydrogen) atoms. The fraction of sp³-hybridized carbons (Fsp3) is 0.286. The highest BCUT2D eigenvalue weighted by Gasteiger charge is 2.12. The summed E-state index contributed by atoms with van der Waals surface area (Å²) in [5.74, 6) is 1.10. The Morgan fingerprint density at radius 1 is 1.18 bits per heavy atom. The second-order valence-electron chi connectivity index (χ2n) is 4.15. The van der Waals surface area contributed by atoms with Crippen molar-refractivity contribution < 1.29 is 4.42 Å². The molecule has 0 amide bonds. The molecule has 0 radical (unpaired) electrons. The zero-order valence-corrected chi connectivity index (χ0v) is 11.7. The molecule has 0 spiro atoms. The van der Waals surface area contributed by atoms with Gasteiger partial charge >= 0.3 is 0 Å². The Hall–Kier alpha value is -0.730. The van der Waals surface area contributed by atoms with Gasteiger partial charge in [-0.3, -0.25) is 0 Å². The normalized spacial score (nSPS) is 12.6. The SMILES string of the molecule is ClCC(Cc1ccoc1)Cc1ccccc1Br. The average Bonchev–Trinajstić information content (AvgIpc) is 2.84. The molecule has 1 atom stereocenters. The van der Waals surface area contributed by atoms with E-state index >= 15 is 0 Å². The smallest absolute Gasteiger partial charge is 0.0934 e.